The van der Waals surface area contributed by atoms with Crippen molar-refractivity contribution in [2.45, 2.75) is 43.8 Å². The molecule has 0 aliphatic heterocycles. The zero-order valence-electron chi connectivity index (χ0n) is 14.9. The molecular formula is C17H20N6O3S. The van der Waals surface area contributed by atoms with Crippen LogP contribution in [-0.2, 0) is 4.79 Å². The fourth-order valence-electron chi connectivity index (χ4n) is 4.17. The predicted octanol–water partition coefficient (Wildman–Crippen LogP) is 2.98. The van der Waals surface area contributed by atoms with Crippen LogP contribution in [-0.4, -0.2) is 36.8 Å². The molecule has 2 saturated carbocycles. The Balaban J connectivity index is 1.39. The molecule has 0 unspecified atom stereocenters. The lowest BCUT2D eigenvalue weighted by atomic mass is 9.96. The van der Waals surface area contributed by atoms with Gasteiger partial charge in [-0.3, -0.25) is 14.9 Å². The minimum Gasteiger partial charge on any atom is -0.325 e. The number of nitro groups is 1. The zero-order valence-corrected chi connectivity index (χ0v) is 15.7. The summed E-state index contributed by atoms with van der Waals surface area (Å²) in [5.41, 5.74) is 1.16. The third-order valence-corrected chi connectivity index (χ3v) is 6.45. The number of carbonyl (C=O) groups is 1. The molecule has 27 heavy (non-hydrogen) atoms. The Morgan fingerprint density at radius 2 is 2.26 bits per heavy atom. The van der Waals surface area contributed by atoms with Crippen molar-refractivity contribution < 1.29 is 9.72 Å². The monoisotopic (exact) mass is 388 g/mol. The number of hydrogen-bond donors (Lipinski definition) is 1. The highest BCUT2D eigenvalue weighted by Crippen LogP contribution is 2.50. The van der Waals surface area contributed by atoms with Gasteiger partial charge in [0.05, 0.1) is 22.4 Å². The maximum absolute atomic E-state index is 12.3. The van der Waals surface area contributed by atoms with Gasteiger partial charge in [-0.25, -0.2) is 4.68 Å². The molecule has 10 heteroatoms. The molecule has 1 N–H and O–H groups in total. The number of non-ortho nitro benzene ring substituents is 1. The molecule has 4 rings (SSSR count). The van der Waals surface area contributed by atoms with Gasteiger partial charge in [0.1, 0.15) is 0 Å². The van der Waals surface area contributed by atoms with E-state index in [1.54, 1.807) is 13.0 Å². The van der Waals surface area contributed by atoms with E-state index in [1.165, 1.54) is 43.2 Å². The number of nitro benzene ring substituents is 1. The summed E-state index contributed by atoms with van der Waals surface area (Å²) in [5.74, 6) is 1.32. The Kier molecular flexibility index (Phi) is 4.81. The molecule has 2 aliphatic carbocycles. The van der Waals surface area contributed by atoms with Crippen LogP contribution in [0.2, 0.25) is 0 Å². The second-order valence-corrected chi connectivity index (χ2v) is 8.18. The lowest BCUT2D eigenvalue weighted by Crippen LogP contribution is -2.19. The fourth-order valence-corrected chi connectivity index (χ4v) is 4.90. The topological polar surface area (TPSA) is 116 Å². The number of aromatic nitrogens is 4. The summed E-state index contributed by atoms with van der Waals surface area (Å²) in [6, 6.07) is 4.75. The largest absolute Gasteiger partial charge is 0.325 e. The molecule has 1 amide bonds. The lowest BCUT2D eigenvalue weighted by Gasteiger charge is -2.22. The van der Waals surface area contributed by atoms with Crippen LogP contribution < -0.4 is 5.32 Å². The standard InChI is InChI=1S/C17H20N6O3S/c1-10-2-5-13(23(25)26)8-14(10)18-16(24)9-27-17-19-20-21-22(17)15-7-11-3-4-12(15)6-11/h2,5,8,11-12,15H,3-4,6-7,9H2,1H3,(H,18,24)/t11-,12-,15+/m1/s1. The Bertz CT molecular complexity index is 885. The number of nitrogens with zero attached hydrogens (tertiary/aromatic N) is 5. The van der Waals surface area contributed by atoms with Crippen molar-refractivity contribution >= 4 is 29.0 Å². The number of benzene rings is 1. The van der Waals surface area contributed by atoms with Crippen LogP contribution in [0.25, 0.3) is 0 Å². The van der Waals surface area contributed by atoms with Gasteiger partial charge in [-0.05, 0) is 54.0 Å². The first-order valence-electron chi connectivity index (χ1n) is 8.97. The number of fused-ring (bicyclic) bond motifs is 2. The molecule has 0 radical (unpaired) electrons. The fraction of sp³-hybridized carbons (Fsp3) is 0.529. The Morgan fingerprint density at radius 1 is 1.41 bits per heavy atom. The SMILES string of the molecule is Cc1ccc([N+](=O)[O-])cc1NC(=O)CSc1nnnn1[C@H]1C[C@@H]2CC[C@@H]1C2. The third-order valence-electron chi connectivity index (χ3n) is 5.52. The van der Waals surface area contributed by atoms with Gasteiger partial charge in [-0.1, -0.05) is 24.2 Å². The summed E-state index contributed by atoms with van der Waals surface area (Å²) >= 11 is 1.29. The van der Waals surface area contributed by atoms with Crippen LogP contribution in [0.5, 0.6) is 0 Å². The van der Waals surface area contributed by atoms with Gasteiger partial charge in [0, 0.05) is 12.1 Å². The van der Waals surface area contributed by atoms with Gasteiger partial charge in [-0.15, -0.1) is 5.10 Å². The molecule has 2 bridgehead atoms. The molecule has 2 aliphatic rings. The van der Waals surface area contributed by atoms with Gasteiger partial charge < -0.3 is 5.32 Å². The first-order chi connectivity index (χ1) is 13.0. The summed E-state index contributed by atoms with van der Waals surface area (Å²) < 4.78 is 1.88. The highest BCUT2D eigenvalue weighted by molar-refractivity contribution is 7.99. The maximum atomic E-state index is 12.3. The summed E-state index contributed by atoms with van der Waals surface area (Å²) in [4.78, 5) is 22.8. The number of aryl methyl sites for hydroxylation is 1. The smallest absolute Gasteiger partial charge is 0.271 e. The second kappa shape index (κ2) is 7.26. The molecule has 1 aromatic heterocycles. The van der Waals surface area contributed by atoms with Crippen molar-refractivity contribution in [2.24, 2.45) is 11.8 Å². The number of amides is 1. The summed E-state index contributed by atoms with van der Waals surface area (Å²) in [5, 5.41) is 26.3. The first kappa shape index (κ1) is 17.9. The molecule has 3 atom stereocenters. The number of carbonyl (C=O) groups excluding carboxylic acids is 1. The summed E-state index contributed by atoms with van der Waals surface area (Å²) in [6.07, 6.45) is 4.89. The highest BCUT2D eigenvalue weighted by Gasteiger charge is 2.42. The van der Waals surface area contributed by atoms with Crippen molar-refractivity contribution in [1.29, 1.82) is 0 Å². The van der Waals surface area contributed by atoms with Crippen LogP contribution in [0.3, 0.4) is 0 Å². The number of thioether (sulfide) groups is 1. The second-order valence-electron chi connectivity index (χ2n) is 7.24. The predicted molar refractivity (Wildman–Crippen MR) is 99.5 cm³/mol. The minimum atomic E-state index is -0.479. The van der Waals surface area contributed by atoms with Crippen LogP contribution in [0.15, 0.2) is 23.4 Å². The molecule has 9 nitrogen and oxygen atoms in total. The molecule has 142 valence electrons. The van der Waals surface area contributed by atoms with E-state index in [1.807, 2.05) is 4.68 Å². The van der Waals surface area contributed by atoms with Crippen molar-refractivity contribution in [3.05, 3.63) is 33.9 Å². The van der Waals surface area contributed by atoms with Crippen LogP contribution in [0, 0.1) is 28.9 Å². The van der Waals surface area contributed by atoms with Gasteiger partial charge in [0.25, 0.3) is 5.69 Å². The van der Waals surface area contributed by atoms with Crippen molar-refractivity contribution in [3.8, 4) is 0 Å². The summed E-state index contributed by atoms with van der Waals surface area (Å²) in [7, 11) is 0. The molecule has 2 fully saturated rings. The van der Waals surface area contributed by atoms with E-state index in [9.17, 15) is 14.9 Å². The Labute approximate surface area is 160 Å². The molecule has 0 spiro atoms. The third kappa shape index (κ3) is 3.66. The van der Waals surface area contributed by atoms with E-state index >= 15 is 0 Å². The molecule has 0 saturated heterocycles. The number of rotatable bonds is 6. The zero-order chi connectivity index (χ0) is 19.0. The van der Waals surface area contributed by atoms with Crippen molar-refractivity contribution in [2.75, 3.05) is 11.1 Å². The van der Waals surface area contributed by atoms with Crippen molar-refractivity contribution in [1.82, 2.24) is 20.2 Å². The number of tetrazole rings is 1. The quantitative estimate of drug-likeness (QED) is 0.459. The minimum absolute atomic E-state index is 0.0521. The lowest BCUT2D eigenvalue weighted by molar-refractivity contribution is -0.384. The van der Waals surface area contributed by atoms with Gasteiger partial charge in [-0.2, -0.15) is 0 Å². The molecular weight excluding hydrogens is 368 g/mol. The average Bonchev–Trinajstić information content (AvgIpc) is 3.37. The van der Waals surface area contributed by atoms with E-state index in [2.05, 4.69) is 20.8 Å². The Hall–Kier alpha value is -2.49. The van der Waals surface area contributed by atoms with E-state index in [4.69, 9.17) is 0 Å². The van der Waals surface area contributed by atoms with E-state index in [0.29, 0.717) is 22.8 Å². The van der Waals surface area contributed by atoms with Gasteiger partial charge in [0.2, 0.25) is 11.1 Å². The number of nitrogens with one attached hydrogen (secondary N) is 1. The number of anilines is 1. The summed E-state index contributed by atoms with van der Waals surface area (Å²) in [6.45, 7) is 1.79. The van der Waals surface area contributed by atoms with Crippen LogP contribution in [0.1, 0.15) is 37.3 Å². The average molecular weight is 388 g/mol. The Morgan fingerprint density at radius 3 is 2.96 bits per heavy atom. The molecule has 1 heterocycles. The van der Waals surface area contributed by atoms with Crippen molar-refractivity contribution in [3.63, 3.8) is 0 Å². The van der Waals surface area contributed by atoms with Crippen LogP contribution >= 0.6 is 11.8 Å². The van der Waals surface area contributed by atoms with E-state index in [0.717, 1.165) is 17.9 Å². The van der Waals surface area contributed by atoms with E-state index < -0.39 is 4.92 Å². The highest BCUT2D eigenvalue weighted by atomic mass is 32.2. The van der Waals surface area contributed by atoms with E-state index in [-0.39, 0.29) is 17.3 Å². The van der Waals surface area contributed by atoms with Crippen LogP contribution in [0.4, 0.5) is 11.4 Å². The van der Waals surface area contributed by atoms with Gasteiger partial charge in [0.15, 0.2) is 0 Å². The van der Waals surface area contributed by atoms with Gasteiger partial charge >= 0.3 is 0 Å². The molecule has 2 aromatic rings. The molecule has 1 aromatic carbocycles. The maximum Gasteiger partial charge on any atom is 0.271 e. The number of hydrogen-bond acceptors (Lipinski definition) is 7. The normalized spacial score (nSPS) is 23.5. The first-order valence-corrected chi connectivity index (χ1v) is 9.95.